The molecule has 3 heteroatoms. The molecule has 15 heavy (non-hydrogen) atoms. The number of aryl methyl sites for hydroxylation is 1. The Labute approximate surface area is 89.6 Å². The average Bonchev–Trinajstić information content (AvgIpc) is 2.62. The van der Waals surface area contributed by atoms with Crippen LogP contribution >= 0.6 is 0 Å². The van der Waals surface area contributed by atoms with Gasteiger partial charge >= 0.3 is 0 Å². The van der Waals surface area contributed by atoms with Crippen LogP contribution in [0, 0.1) is 6.92 Å². The Morgan fingerprint density at radius 3 is 2.80 bits per heavy atom. The van der Waals surface area contributed by atoms with Crippen molar-refractivity contribution in [2.75, 3.05) is 13.2 Å². The molecule has 82 valence electrons. The van der Waals surface area contributed by atoms with Crippen LogP contribution in [-0.4, -0.2) is 24.4 Å². The zero-order valence-electron chi connectivity index (χ0n) is 9.06. The van der Waals surface area contributed by atoms with Gasteiger partial charge in [-0.1, -0.05) is 24.3 Å². The Hall–Kier alpha value is -0.900. The topological polar surface area (TPSA) is 38.7 Å². The first-order valence-corrected chi connectivity index (χ1v) is 5.14. The van der Waals surface area contributed by atoms with Crippen molar-refractivity contribution in [3.63, 3.8) is 0 Å². The van der Waals surface area contributed by atoms with Crippen LogP contribution in [0.5, 0.6) is 0 Å². The summed E-state index contributed by atoms with van der Waals surface area (Å²) in [6, 6.07) is 7.97. The van der Waals surface area contributed by atoms with E-state index in [2.05, 4.69) is 0 Å². The van der Waals surface area contributed by atoms with Gasteiger partial charge in [0.1, 0.15) is 6.10 Å². The minimum Gasteiger partial charge on any atom is -0.394 e. The van der Waals surface area contributed by atoms with Crippen LogP contribution in [-0.2, 0) is 15.3 Å². The van der Waals surface area contributed by atoms with Gasteiger partial charge in [-0.05, 0) is 19.4 Å². The summed E-state index contributed by atoms with van der Waals surface area (Å²) in [6.07, 6.45) is -0.213. The van der Waals surface area contributed by atoms with E-state index in [0.29, 0.717) is 6.61 Å². The first-order valence-electron chi connectivity index (χ1n) is 5.14. The second kappa shape index (κ2) is 3.93. The van der Waals surface area contributed by atoms with Crippen LogP contribution in [0.2, 0.25) is 0 Å². The minimum absolute atomic E-state index is 0.00146. The van der Waals surface area contributed by atoms with E-state index in [1.54, 1.807) is 0 Å². The maximum absolute atomic E-state index is 9.01. The monoisotopic (exact) mass is 208 g/mol. The Morgan fingerprint density at radius 1 is 1.47 bits per heavy atom. The van der Waals surface area contributed by atoms with Gasteiger partial charge in [0.25, 0.3) is 0 Å². The third kappa shape index (κ3) is 1.91. The summed E-state index contributed by atoms with van der Waals surface area (Å²) < 4.78 is 11.3. The minimum atomic E-state index is -0.710. The zero-order chi connectivity index (χ0) is 10.9. The summed E-state index contributed by atoms with van der Waals surface area (Å²) >= 11 is 0. The van der Waals surface area contributed by atoms with Crippen molar-refractivity contribution in [3.8, 4) is 0 Å². The van der Waals surface area contributed by atoms with E-state index in [4.69, 9.17) is 14.6 Å². The Bertz CT molecular complexity index is 350. The van der Waals surface area contributed by atoms with Crippen molar-refractivity contribution < 1.29 is 14.6 Å². The highest BCUT2D eigenvalue weighted by molar-refractivity contribution is 5.29. The SMILES string of the molecule is Cc1ccccc1C1(C)OCC(CO)O1. The zero-order valence-corrected chi connectivity index (χ0v) is 9.06. The van der Waals surface area contributed by atoms with Crippen LogP contribution in [0.1, 0.15) is 18.1 Å². The molecule has 0 radical (unpaired) electrons. The first kappa shape index (κ1) is 10.6. The largest absolute Gasteiger partial charge is 0.394 e. The van der Waals surface area contributed by atoms with Crippen molar-refractivity contribution in [3.05, 3.63) is 35.4 Å². The molecule has 1 aliphatic heterocycles. The predicted molar refractivity (Wildman–Crippen MR) is 56.4 cm³/mol. The quantitative estimate of drug-likeness (QED) is 0.802. The number of hydrogen-bond acceptors (Lipinski definition) is 3. The normalized spacial score (nSPS) is 30.7. The van der Waals surface area contributed by atoms with Gasteiger partial charge in [-0.15, -0.1) is 0 Å². The fraction of sp³-hybridized carbons (Fsp3) is 0.500. The molecular formula is C12H16O3. The molecule has 3 nitrogen and oxygen atoms in total. The van der Waals surface area contributed by atoms with E-state index >= 15 is 0 Å². The molecule has 2 atom stereocenters. The highest BCUT2D eigenvalue weighted by atomic mass is 16.7. The number of benzene rings is 1. The van der Waals surface area contributed by atoms with Gasteiger partial charge in [0.05, 0.1) is 13.2 Å². The standard InChI is InChI=1S/C12H16O3/c1-9-5-3-4-6-11(9)12(2)14-8-10(7-13)15-12/h3-6,10,13H,7-8H2,1-2H3. The van der Waals surface area contributed by atoms with E-state index in [1.807, 2.05) is 38.1 Å². The molecule has 1 N–H and O–H groups in total. The third-order valence-electron chi connectivity index (χ3n) is 2.77. The Balaban J connectivity index is 2.27. The second-order valence-electron chi connectivity index (χ2n) is 3.99. The molecule has 1 heterocycles. The lowest BCUT2D eigenvalue weighted by atomic mass is 10.0. The Kier molecular flexibility index (Phi) is 2.78. The van der Waals surface area contributed by atoms with E-state index in [1.165, 1.54) is 0 Å². The lowest BCUT2D eigenvalue weighted by Crippen LogP contribution is -2.25. The lowest BCUT2D eigenvalue weighted by Gasteiger charge is -2.25. The van der Waals surface area contributed by atoms with Crippen LogP contribution in [0.3, 0.4) is 0 Å². The number of ether oxygens (including phenoxy) is 2. The van der Waals surface area contributed by atoms with Crippen molar-refractivity contribution in [1.29, 1.82) is 0 Å². The van der Waals surface area contributed by atoms with Crippen molar-refractivity contribution >= 4 is 0 Å². The molecule has 2 unspecified atom stereocenters. The van der Waals surface area contributed by atoms with Gasteiger partial charge in [-0.2, -0.15) is 0 Å². The maximum atomic E-state index is 9.01. The van der Waals surface area contributed by atoms with Crippen LogP contribution in [0.25, 0.3) is 0 Å². The summed E-state index contributed by atoms with van der Waals surface area (Å²) in [5, 5.41) is 9.01. The highest BCUT2D eigenvalue weighted by Crippen LogP contribution is 2.35. The van der Waals surface area contributed by atoms with Crippen molar-refractivity contribution in [2.45, 2.75) is 25.7 Å². The molecule has 0 amide bonds. The summed E-state index contributed by atoms with van der Waals surface area (Å²) in [5.74, 6) is -0.710. The van der Waals surface area contributed by atoms with Crippen LogP contribution in [0.4, 0.5) is 0 Å². The van der Waals surface area contributed by atoms with Gasteiger partial charge in [0.15, 0.2) is 5.79 Å². The van der Waals surface area contributed by atoms with E-state index in [-0.39, 0.29) is 12.7 Å². The van der Waals surface area contributed by atoms with Gasteiger partial charge in [-0.25, -0.2) is 0 Å². The summed E-state index contributed by atoms with van der Waals surface area (Å²) in [5.41, 5.74) is 2.17. The van der Waals surface area contributed by atoms with E-state index in [0.717, 1.165) is 11.1 Å². The van der Waals surface area contributed by atoms with Crippen LogP contribution in [0.15, 0.2) is 24.3 Å². The number of hydrogen-bond donors (Lipinski definition) is 1. The molecule has 0 spiro atoms. The predicted octanol–water partition coefficient (Wildman–Crippen LogP) is 1.58. The molecule has 1 aromatic rings. The first-order chi connectivity index (χ1) is 7.15. The smallest absolute Gasteiger partial charge is 0.192 e. The fourth-order valence-corrected chi connectivity index (χ4v) is 1.95. The van der Waals surface area contributed by atoms with Crippen molar-refractivity contribution in [1.82, 2.24) is 0 Å². The summed E-state index contributed by atoms with van der Waals surface area (Å²) in [7, 11) is 0. The van der Waals surface area contributed by atoms with Gasteiger partial charge in [0, 0.05) is 5.56 Å². The molecule has 2 rings (SSSR count). The maximum Gasteiger partial charge on any atom is 0.192 e. The molecule has 0 saturated carbocycles. The van der Waals surface area contributed by atoms with Gasteiger partial charge in [-0.3, -0.25) is 0 Å². The number of aliphatic hydroxyl groups excluding tert-OH is 1. The number of aliphatic hydroxyl groups is 1. The van der Waals surface area contributed by atoms with E-state index in [9.17, 15) is 0 Å². The molecule has 0 bridgehead atoms. The Morgan fingerprint density at radius 2 is 2.20 bits per heavy atom. The lowest BCUT2D eigenvalue weighted by molar-refractivity contribution is -0.165. The second-order valence-corrected chi connectivity index (χ2v) is 3.99. The van der Waals surface area contributed by atoms with Gasteiger partial charge < -0.3 is 14.6 Å². The third-order valence-corrected chi connectivity index (χ3v) is 2.77. The van der Waals surface area contributed by atoms with E-state index < -0.39 is 5.79 Å². The average molecular weight is 208 g/mol. The molecular weight excluding hydrogens is 192 g/mol. The molecule has 0 aromatic heterocycles. The summed E-state index contributed by atoms with van der Waals surface area (Å²) in [6.45, 7) is 4.37. The number of rotatable bonds is 2. The molecule has 1 aliphatic rings. The van der Waals surface area contributed by atoms with Crippen LogP contribution < -0.4 is 0 Å². The van der Waals surface area contributed by atoms with Gasteiger partial charge in [0.2, 0.25) is 0 Å². The van der Waals surface area contributed by atoms with Crippen molar-refractivity contribution in [2.24, 2.45) is 0 Å². The summed E-state index contributed by atoms with van der Waals surface area (Å²) in [4.78, 5) is 0. The highest BCUT2D eigenvalue weighted by Gasteiger charge is 2.39. The molecule has 1 fully saturated rings. The molecule has 0 aliphatic carbocycles. The molecule has 1 aromatic carbocycles. The fourth-order valence-electron chi connectivity index (χ4n) is 1.95. The molecule has 1 saturated heterocycles.